The van der Waals surface area contributed by atoms with Crippen molar-refractivity contribution in [3.05, 3.63) is 58.1 Å². The van der Waals surface area contributed by atoms with Crippen molar-refractivity contribution in [2.24, 2.45) is 0 Å². The van der Waals surface area contributed by atoms with Gasteiger partial charge in [0.1, 0.15) is 5.75 Å². The van der Waals surface area contributed by atoms with E-state index in [1.54, 1.807) is 0 Å². The SMILES string of the molecule is COc1cc(Oc2cccc(F)c2F)ccc1[N+](=O)[O-]. The van der Waals surface area contributed by atoms with Gasteiger partial charge in [-0.1, -0.05) is 6.07 Å². The molecule has 2 rings (SSSR count). The molecule has 0 bridgehead atoms. The van der Waals surface area contributed by atoms with Crippen LogP contribution in [0.25, 0.3) is 0 Å². The zero-order valence-corrected chi connectivity index (χ0v) is 10.3. The number of benzene rings is 2. The molecule has 20 heavy (non-hydrogen) atoms. The molecule has 5 nitrogen and oxygen atoms in total. The number of halogens is 2. The summed E-state index contributed by atoms with van der Waals surface area (Å²) in [6.07, 6.45) is 0. The van der Waals surface area contributed by atoms with Gasteiger partial charge in [0.2, 0.25) is 11.6 Å². The fraction of sp³-hybridized carbons (Fsp3) is 0.0769. The quantitative estimate of drug-likeness (QED) is 0.633. The Kier molecular flexibility index (Phi) is 3.79. The van der Waals surface area contributed by atoms with Crippen molar-refractivity contribution < 1.29 is 23.2 Å². The van der Waals surface area contributed by atoms with Crippen LogP contribution in [0, 0.1) is 21.7 Å². The summed E-state index contributed by atoms with van der Waals surface area (Å²) in [4.78, 5) is 10.1. The second-order valence-electron chi connectivity index (χ2n) is 3.74. The van der Waals surface area contributed by atoms with Crippen LogP contribution in [0.3, 0.4) is 0 Å². The number of methoxy groups -OCH3 is 1. The summed E-state index contributed by atoms with van der Waals surface area (Å²) in [6, 6.07) is 7.14. The lowest BCUT2D eigenvalue weighted by molar-refractivity contribution is -0.385. The summed E-state index contributed by atoms with van der Waals surface area (Å²) >= 11 is 0. The summed E-state index contributed by atoms with van der Waals surface area (Å²) in [6.45, 7) is 0. The summed E-state index contributed by atoms with van der Waals surface area (Å²) in [5.74, 6) is -2.44. The van der Waals surface area contributed by atoms with Gasteiger partial charge in [-0.25, -0.2) is 4.39 Å². The maximum atomic E-state index is 13.4. The normalized spacial score (nSPS) is 10.2. The van der Waals surface area contributed by atoms with E-state index in [0.717, 1.165) is 12.1 Å². The number of nitrogens with zero attached hydrogens (tertiary/aromatic N) is 1. The summed E-state index contributed by atoms with van der Waals surface area (Å²) < 4.78 is 36.5. The van der Waals surface area contributed by atoms with Crippen LogP contribution in [0.15, 0.2) is 36.4 Å². The molecule has 0 saturated heterocycles. The first kappa shape index (κ1) is 13.7. The highest BCUT2D eigenvalue weighted by Crippen LogP contribution is 2.33. The Bertz CT molecular complexity index is 661. The second-order valence-corrected chi connectivity index (χ2v) is 3.74. The Balaban J connectivity index is 2.35. The monoisotopic (exact) mass is 281 g/mol. The third-order valence-corrected chi connectivity index (χ3v) is 2.49. The van der Waals surface area contributed by atoms with E-state index in [1.807, 2.05) is 0 Å². The van der Waals surface area contributed by atoms with Gasteiger partial charge >= 0.3 is 5.69 Å². The topological polar surface area (TPSA) is 61.6 Å². The van der Waals surface area contributed by atoms with Gasteiger partial charge in [-0.15, -0.1) is 0 Å². The molecular formula is C13H9F2NO4. The van der Waals surface area contributed by atoms with Gasteiger partial charge < -0.3 is 9.47 Å². The molecular weight excluding hydrogens is 272 g/mol. The van der Waals surface area contributed by atoms with Gasteiger partial charge in [0.05, 0.1) is 12.0 Å². The van der Waals surface area contributed by atoms with Crippen molar-refractivity contribution in [1.82, 2.24) is 0 Å². The van der Waals surface area contributed by atoms with Crippen LogP contribution in [0.1, 0.15) is 0 Å². The van der Waals surface area contributed by atoms with Crippen LogP contribution in [0.5, 0.6) is 17.2 Å². The van der Waals surface area contributed by atoms with Crippen LogP contribution in [0.4, 0.5) is 14.5 Å². The molecule has 0 unspecified atom stereocenters. The van der Waals surface area contributed by atoms with Crippen molar-refractivity contribution in [1.29, 1.82) is 0 Å². The van der Waals surface area contributed by atoms with Crippen molar-refractivity contribution >= 4 is 5.69 Å². The molecule has 0 aliphatic heterocycles. The highest BCUT2D eigenvalue weighted by Gasteiger charge is 2.16. The zero-order valence-electron chi connectivity index (χ0n) is 10.3. The first-order valence-corrected chi connectivity index (χ1v) is 5.47. The molecule has 2 aromatic rings. The number of hydrogen-bond acceptors (Lipinski definition) is 4. The molecule has 0 amide bonds. The molecule has 0 N–H and O–H groups in total. The van der Waals surface area contributed by atoms with Crippen molar-refractivity contribution in [3.63, 3.8) is 0 Å². The molecule has 0 spiro atoms. The molecule has 0 aromatic heterocycles. The number of nitro benzene ring substituents is 1. The minimum Gasteiger partial charge on any atom is -0.490 e. The molecule has 104 valence electrons. The first-order chi connectivity index (χ1) is 9.52. The highest BCUT2D eigenvalue weighted by atomic mass is 19.2. The lowest BCUT2D eigenvalue weighted by atomic mass is 10.2. The van der Waals surface area contributed by atoms with E-state index in [-0.39, 0.29) is 22.9 Å². The van der Waals surface area contributed by atoms with Crippen molar-refractivity contribution in [2.75, 3.05) is 7.11 Å². The standard InChI is InChI=1S/C13H9F2NO4/c1-19-12-7-8(5-6-10(12)16(17)18)20-11-4-2-3-9(14)13(11)15/h2-7H,1H3. The van der Waals surface area contributed by atoms with Crippen molar-refractivity contribution in [3.8, 4) is 17.2 Å². The van der Waals surface area contributed by atoms with Crippen LogP contribution >= 0.6 is 0 Å². The van der Waals surface area contributed by atoms with E-state index in [4.69, 9.17) is 9.47 Å². The fourth-order valence-corrected chi connectivity index (χ4v) is 1.56. The Hall–Kier alpha value is -2.70. The predicted molar refractivity (Wildman–Crippen MR) is 66.1 cm³/mol. The zero-order chi connectivity index (χ0) is 14.7. The van der Waals surface area contributed by atoms with Gasteiger partial charge in [0, 0.05) is 12.1 Å². The second kappa shape index (κ2) is 5.52. The number of rotatable bonds is 4. The predicted octanol–water partition coefficient (Wildman–Crippen LogP) is 3.67. The van der Waals surface area contributed by atoms with Crippen LogP contribution in [-0.2, 0) is 0 Å². The molecule has 0 radical (unpaired) electrons. The highest BCUT2D eigenvalue weighted by molar-refractivity contribution is 5.51. The minimum absolute atomic E-state index is 0.0377. The molecule has 0 atom stereocenters. The average molecular weight is 281 g/mol. The number of hydrogen-bond donors (Lipinski definition) is 0. The lowest BCUT2D eigenvalue weighted by Gasteiger charge is -2.08. The largest absolute Gasteiger partial charge is 0.490 e. The molecule has 0 saturated carbocycles. The Labute approximate surface area is 112 Å². The van der Waals surface area contributed by atoms with E-state index < -0.39 is 16.6 Å². The van der Waals surface area contributed by atoms with Crippen LogP contribution in [0.2, 0.25) is 0 Å². The molecule has 7 heteroatoms. The average Bonchev–Trinajstić information content (AvgIpc) is 2.43. The van der Waals surface area contributed by atoms with Crippen molar-refractivity contribution in [2.45, 2.75) is 0 Å². The number of nitro groups is 1. The smallest absolute Gasteiger partial charge is 0.311 e. The van der Waals surface area contributed by atoms with E-state index in [0.29, 0.717) is 0 Å². The Morgan fingerprint density at radius 2 is 1.90 bits per heavy atom. The fourth-order valence-electron chi connectivity index (χ4n) is 1.56. The third-order valence-electron chi connectivity index (χ3n) is 2.49. The van der Waals surface area contributed by atoms with E-state index in [2.05, 4.69) is 0 Å². The molecule has 0 aliphatic rings. The molecule has 0 heterocycles. The maximum absolute atomic E-state index is 13.4. The summed E-state index contributed by atoms with van der Waals surface area (Å²) in [7, 11) is 1.26. The van der Waals surface area contributed by atoms with E-state index >= 15 is 0 Å². The Morgan fingerprint density at radius 3 is 2.55 bits per heavy atom. The summed E-state index contributed by atoms with van der Waals surface area (Å²) in [5, 5.41) is 10.7. The van der Waals surface area contributed by atoms with Gasteiger partial charge in [-0.05, 0) is 18.2 Å². The van der Waals surface area contributed by atoms with Gasteiger partial charge in [-0.2, -0.15) is 4.39 Å². The third kappa shape index (κ3) is 2.66. The minimum atomic E-state index is -1.13. The van der Waals surface area contributed by atoms with Gasteiger partial charge in [-0.3, -0.25) is 10.1 Å². The lowest BCUT2D eigenvalue weighted by Crippen LogP contribution is -1.95. The molecule has 0 fully saturated rings. The van der Waals surface area contributed by atoms with E-state index in [1.165, 1.54) is 31.4 Å². The molecule has 0 aliphatic carbocycles. The number of ether oxygens (including phenoxy) is 2. The molecule has 2 aromatic carbocycles. The summed E-state index contributed by atoms with van der Waals surface area (Å²) in [5.41, 5.74) is -0.250. The van der Waals surface area contributed by atoms with Crippen LogP contribution < -0.4 is 9.47 Å². The van der Waals surface area contributed by atoms with Gasteiger partial charge in [0.15, 0.2) is 11.6 Å². The van der Waals surface area contributed by atoms with Crippen LogP contribution in [-0.4, -0.2) is 12.0 Å². The van der Waals surface area contributed by atoms with Gasteiger partial charge in [0.25, 0.3) is 0 Å². The maximum Gasteiger partial charge on any atom is 0.311 e. The first-order valence-electron chi connectivity index (χ1n) is 5.47. The Morgan fingerprint density at radius 1 is 1.15 bits per heavy atom. The van der Waals surface area contributed by atoms with E-state index in [9.17, 15) is 18.9 Å².